The first kappa shape index (κ1) is 10.4. The van der Waals surface area contributed by atoms with Gasteiger partial charge >= 0.3 is 0 Å². The molecule has 0 saturated heterocycles. The van der Waals surface area contributed by atoms with E-state index in [1.54, 1.807) is 0 Å². The van der Waals surface area contributed by atoms with Crippen molar-refractivity contribution in [2.45, 2.75) is 37.5 Å². The summed E-state index contributed by atoms with van der Waals surface area (Å²) in [6, 6.07) is 0.832. The second-order valence-corrected chi connectivity index (χ2v) is 4.97. The van der Waals surface area contributed by atoms with Crippen LogP contribution >= 0.6 is 11.8 Å². The van der Waals surface area contributed by atoms with Gasteiger partial charge in [-0.15, -0.1) is 0 Å². The maximum Gasteiger partial charge on any atom is 0.0441 e. The summed E-state index contributed by atoms with van der Waals surface area (Å²) in [5.74, 6) is 1.18. The van der Waals surface area contributed by atoms with Crippen LogP contribution < -0.4 is 5.32 Å². The van der Waals surface area contributed by atoms with E-state index in [-0.39, 0.29) is 0 Å². The van der Waals surface area contributed by atoms with E-state index in [1.165, 1.54) is 18.6 Å². The van der Waals surface area contributed by atoms with Crippen LogP contribution in [0.25, 0.3) is 0 Å². The Hall–Kier alpha value is 0.270. The zero-order valence-electron chi connectivity index (χ0n) is 7.75. The number of aliphatic hydroxyl groups is 1. The first-order valence-corrected chi connectivity index (χ1v) is 5.83. The summed E-state index contributed by atoms with van der Waals surface area (Å²) < 4.78 is 0. The summed E-state index contributed by atoms with van der Waals surface area (Å²) in [5, 5.41) is 12.7. The average Bonchev–Trinajstić information content (AvgIpc) is 2.82. The van der Waals surface area contributed by atoms with Gasteiger partial charge in [0.1, 0.15) is 0 Å². The van der Waals surface area contributed by atoms with Crippen molar-refractivity contribution in [2.24, 2.45) is 0 Å². The lowest BCUT2D eigenvalue weighted by Gasteiger charge is -2.09. The molecule has 0 radical (unpaired) electrons. The molecular formula is C9H19NOS. The van der Waals surface area contributed by atoms with E-state index < -0.39 is 0 Å². The summed E-state index contributed by atoms with van der Waals surface area (Å²) in [7, 11) is 0. The fourth-order valence-corrected chi connectivity index (χ4v) is 1.99. The van der Waals surface area contributed by atoms with Crippen LogP contribution in [-0.2, 0) is 0 Å². The molecule has 0 aromatic rings. The van der Waals surface area contributed by atoms with Crippen LogP contribution in [0.15, 0.2) is 0 Å². The quantitative estimate of drug-likeness (QED) is 0.591. The predicted molar refractivity (Wildman–Crippen MR) is 54.6 cm³/mol. The highest BCUT2D eigenvalue weighted by Gasteiger charge is 2.19. The van der Waals surface area contributed by atoms with Crippen molar-refractivity contribution < 1.29 is 5.11 Å². The SMILES string of the molecule is CC(CCO)SCCNC1CC1. The molecule has 1 aliphatic carbocycles. The highest BCUT2D eigenvalue weighted by atomic mass is 32.2. The van der Waals surface area contributed by atoms with E-state index in [2.05, 4.69) is 12.2 Å². The van der Waals surface area contributed by atoms with Gasteiger partial charge in [-0.2, -0.15) is 11.8 Å². The molecule has 0 aromatic carbocycles. The molecule has 1 aliphatic rings. The van der Waals surface area contributed by atoms with Crippen molar-refractivity contribution in [1.29, 1.82) is 0 Å². The summed E-state index contributed by atoms with van der Waals surface area (Å²) in [6.07, 6.45) is 3.67. The molecule has 3 heteroatoms. The molecule has 0 aliphatic heterocycles. The summed E-state index contributed by atoms with van der Waals surface area (Å²) in [4.78, 5) is 0. The Morgan fingerprint density at radius 1 is 1.58 bits per heavy atom. The van der Waals surface area contributed by atoms with E-state index in [0.717, 1.165) is 19.0 Å². The molecule has 1 fully saturated rings. The zero-order valence-corrected chi connectivity index (χ0v) is 8.57. The third-order valence-electron chi connectivity index (χ3n) is 2.05. The molecule has 2 N–H and O–H groups in total. The summed E-state index contributed by atoms with van der Waals surface area (Å²) >= 11 is 1.95. The monoisotopic (exact) mass is 189 g/mol. The van der Waals surface area contributed by atoms with E-state index in [9.17, 15) is 0 Å². The van der Waals surface area contributed by atoms with E-state index in [1.807, 2.05) is 11.8 Å². The van der Waals surface area contributed by atoms with Crippen LogP contribution in [0.5, 0.6) is 0 Å². The maximum atomic E-state index is 8.66. The van der Waals surface area contributed by atoms with Gasteiger partial charge in [-0.25, -0.2) is 0 Å². The Morgan fingerprint density at radius 3 is 2.92 bits per heavy atom. The first-order valence-electron chi connectivity index (χ1n) is 4.78. The Bertz CT molecular complexity index is 117. The van der Waals surface area contributed by atoms with Crippen LogP contribution in [0.1, 0.15) is 26.2 Å². The minimum absolute atomic E-state index is 0.324. The topological polar surface area (TPSA) is 32.3 Å². The van der Waals surface area contributed by atoms with Crippen molar-refractivity contribution in [2.75, 3.05) is 18.9 Å². The van der Waals surface area contributed by atoms with Gasteiger partial charge < -0.3 is 10.4 Å². The molecule has 0 bridgehead atoms. The van der Waals surface area contributed by atoms with Gasteiger partial charge in [0.05, 0.1) is 0 Å². The Balaban J connectivity index is 1.80. The van der Waals surface area contributed by atoms with Gasteiger partial charge in [-0.1, -0.05) is 6.92 Å². The molecule has 1 rings (SSSR count). The third-order valence-corrected chi connectivity index (χ3v) is 3.29. The Labute approximate surface area is 79.1 Å². The number of hydrogen-bond donors (Lipinski definition) is 2. The van der Waals surface area contributed by atoms with Gasteiger partial charge in [0.2, 0.25) is 0 Å². The molecule has 0 heterocycles. The van der Waals surface area contributed by atoms with Gasteiger partial charge in [0.25, 0.3) is 0 Å². The summed E-state index contributed by atoms with van der Waals surface area (Å²) in [6.45, 7) is 3.63. The van der Waals surface area contributed by atoms with Gasteiger partial charge in [0, 0.05) is 30.2 Å². The van der Waals surface area contributed by atoms with Crippen molar-refractivity contribution in [3.8, 4) is 0 Å². The number of rotatable bonds is 7. The lowest BCUT2D eigenvalue weighted by Crippen LogP contribution is -2.20. The lowest BCUT2D eigenvalue weighted by atomic mass is 10.3. The predicted octanol–water partition coefficient (Wildman–Crippen LogP) is 1.24. The molecule has 0 spiro atoms. The molecule has 2 nitrogen and oxygen atoms in total. The number of aliphatic hydroxyl groups excluding tert-OH is 1. The zero-order chi connectivity index (χ0) is 8.81. The highest BCUT2D eigenvalue weighted by molar-refractivity contribution is 7.99. The number of thioether (sulfide) groups is 1. The minimum Gasteiger partial charge on any atom is -0.396 e. The van der Waals surface area contributed by atoms with E-state index in [0.29, 0.717) is 11.9 Å². The van der Waals surface area contributed by atoms with Crippen molar-refractivity contribution in [1.82, 2.24) is 5.32 Å². The third kappa shape index (κ3) is 5.01. The second-order valence-electron chi connectivity index (χ2n) is 3.42. The molecule has 0 amide bonds. The molecule has 72 valence electrons. The molecule has 12 heavy (non-hydrogen) atoms. The average molecular weight is 189 g/mol. The van der Waals surface area contributed by atoms with Gasteiger partial charge in [0.15, 0.2) is 0 Å². The molecule has 0 aromatic heterocycles. The highest BCUT2D eigenvalue weighted by Crippen LogP contribution is 2.19. The maximum absolute atomic E-state index is 8.66. The number of hydrogen-bond acceptors (Lipinski definition) is 3. The first-order chi connectivity index (χ1) is 5.83. The van der Waals surface area contributed by atoms with E-state index in [4.69, 9.17) is 5.11 Å². The fraction of sp³-hybridized carbons (Fsp3) is 1.00. The van der Waals surface area contributed by atoms with Crippen LogP contribution in [0.2, 0.25) is 0 Å². The minimum atomic E-state index is 0.324. The lowest BCUT2D eigenvalue weighted by molar-refractivity contribution is 0.289. The normalized spacial score (nSPS) is 19.5. The molecule has 1 unspecified atom stereocenters. The van der Waals surface area contributed by atoms with Crippen LogP contribution in [0.3, 0.4) is 0 Å². The van der Waals surface area contributed by atoms with Crippen molar-refractivity contribution in [3.63, 3.8) is 0 Å². The Morgan fingerprint density at radius 2 is 2.33 bits per heavy atom. The van der Waals surface area contributed by atoms with E-state index >= 15 is 0 Å². The summed E-state index contributed by atoms with van der Waals surface area (Å²) in [5.41, 5.74) is 0. The Kier molecular flexibility index (Phi) is 5.04. The standard InChI is InChI=1S/C9H19NOS/c1-8(4-6-11)12-7-5-10-9-2-3-9/h8-11H,2-7H2,1H3. The molecule has 1 atom stereocenters. The molecular weight excluding hydrogens is 170 g/mol. The second kappa shape index (κ2) is 5.84. The fourth-order valence-electron chi connectivity index (χ4n) is 1.08. The van der Waals surface area contributed by atoms with Crippen LogP contribution in [0.4, 0.5) is 0 Å². The van der Waals surface area contributed by atoms with Crippen LogP contribution in [0, 0.1) is 0 Å². The van der Waals surface area contributed by atoms with Gasteiger partial charge in [-0.3, -0.25) is 0 Å². The number of nitrogens with one attached hydrogen (secondary N) is 1. The van der Waals surface area contributed by atoms with Crippen LogP contribution in [-0.4, -0.2) is 35.3 Å². The van der Waals surface area contributed by atoms with Gasteiger partial charge in [-0.05, 0) is 19.3 Å². The largest absolute Gasteiger partial charge is 0.396 e. The van der Waals surface area contributed by atoms with Crippen molar-refractivity contribution >= 4 is 11.8 Å². The molecule has 1 saturated carbocycles. The van der Waals surface area contributed by atoms with Crippen molar-refractivity contribution in [3.05, 3.63) is 0 Å². The smallest absolute Gasteiger partial charge is 0.0441 e.